The number of rotatable bonds is 6. The first-order valence-corrected chi connectivity index (χ1v) is 11.4. The highest BCUT2D eigenvalue weighted by molar-refractivity contribution is 9.10. The SMILES string of the molecule is O=C(COc1ccc(/C=C2\C(=O)NC(=O)N(c3cccc(Cl)c3)C2=O)cc1Br)Nc1ccccc1. The molecule has 0 radical (unpaired) electrons. The number of urea groups is 1. The summed E-state index contributed by atoms with van der Waals surface area (Å²) in [7, 11) is 0. The van der Waals surface area contributed by atoms with Gasteiger partial charge in [-0.2, -0.15) is 0 Å². The number of hydrogen-bond donors (Lipinski definition) is 2. The minimum Gasteiger partial charge on any atom is -0.483 e. The van der Waals surface area contributed by atoms with E-state index >= 15 is 0 Å². The molecule has 1 aliphatic heterocycles. The molecule has 4 rings (SSSR count). The van der Waals surface area contributed by atoms with Crippen molar-refractivity contribution < 1.29 is 23.9 Å². The fourth-order valence-corrected chi connectivity index (χ4v) is 3.96. The van der Waals surface area contributed by atoms with Crippen LogP contribution in [-0.4, -0.2) is 30.4 Å². The molecule has 1 heterocycles. The molecule has 3 aromatic rings. The summed E-state index contributed by atoms with van der Waals surface area (Å²) in [5, 5.41) is 5.22. The van der Waals surface area contributed by atoms with Crippen LogP contribution in [0, 0.1) is 0 Å². The van der Waals surface area contributed by atoms with Crippen LogP contribution >= 0.6 is 27.5 Å². The van der Waals surface area contributed by atoms with Crippen LogP contribution in [0.1, 0.15) is 5.56 Å². The number of nitrogens with one attached hydrogen (secondary N) is 2. The average Bonchev–Trinajstić information content (AvgIpc) is 2.82. The number of imide groups is 2. The van der Waals surface area contributed by atoms with Gasteiger partial charge in [-0.15, -0.1) is 0 Å². The molecule has 0 aromatic heterocycles. The van der Waals surface area contributed by atoms with E-state index in [0.717, 1.165) is 4.90 Å². The molecule has 0 saturated carbocycles. The second kappa shape index (κ2) is 10.5. The number of benzene rings is 3. The number of nitrogens with zero attached hydrogens (tertiary/aromatic N) is 1. The molecule has 176 valence electrons. The highest BCUT2D eigenvalue weighted by Crippen LogP contribution is 2.29. The summed E-state index contributed by atoms with van der Waals surface area (Å²) in [4.78, 5) is 50.6. The Morgan fingerprint density at radius 1 is 1.03 bits per heavy atom. The van der Waals surface area contributed by atoms with Gasteiger partial charge in [-0.05, 0) is 70.0 Å². The summed E-state index contributed by atoms with van der Waals surface area (Å²) in [6.07, 6.45) is 1.36. The molecular formula is C25H17BrClN3O5. The molecule has 0 aliphatic carbocycles. The van der Waals surface area contributed by atoms with E-state index in [9.17, 15) is 19.2 Å². The van der Waals surface area contributed by atoms with Gasteiger partial charge in [0.25, 0.3) is 17.7 Å². The van der Waals surface area contributed by atoms with Crippen LogP contribution in [-0.2, 0) is 14.4 Å². The highest BCUT2D eigenvalue weighted by atomic mass is 79.9. The predicted molar refractivity (Wildman–Crippen MR) is 135 cm³/mol. The van der Waals surface area contributed by atoms with Gasteiger partial charge >= 0.3 is 6.03 Å². The van der Waals surface area contributed by atoms with Crippen molar-refractivity contribution in [3.05, 3.63) is 93.4 Å². The van der Waals surface area contributed by atoms with Gasteiger partial charge in [0.05, 0.1) is 10.2 Å². The Balaban J connectivity index is 1.49. The third-order valence-corrected chi connectivity index (χ3v) is 5.71. The molecule has 0 spiro atoms. The molecule has 5 amide bonds. The van der Waals surface area contributed by atoms with Gasteiger partial charge < -0.3 is 10.1 Å². The Morgan fingerprint density at radius 3 is 2.51 bits per heavy atom. The van der Waals surface area contributed by atoms with E-state index in [0.29, 0.717) is 26.5 Å². The van der Waals surface area contributed by atoms with E-state index in [1.807, 2.05) is 18.2 Å². The monoisotopic (exact) mass is 553 g/mol. The van der Waals surface area contributed by atoms with Crippen molar-refractivity contribution in [1.29, 1.82) is 0 Å². The van der Waals surface area contributed by atoms with Crippen LogP contribution < -0.4 is 20.3 Å². The van der Waals surface area contributed by atoms with Crippen molar-refractivity contribution in [3.63, 3.8) is 0 Å². The summed E-state index contributed by atoms with van der Waals surface area (Å²) in [5.41, 5.74) is 1.16. The maximum Gasteiger partial charge on any atom is 0.335 e. The van der Waals surface area contributed by atoms with Gasteiger partial charge in [0, 0.05) is 10.7 Å². The fourth-order valence-electron chi connectivity index (χ4n) is 3.26. The zero-order valence-corrected chi connectivity index (χ0v) is 20.3. The third-order valence-electron chi connectivity index (χ3n) is 4.85. The van der Waals surface area contributed by atoms with Crippen molar-refractivity contribution in [2.45, 2.75) is 0 Å². The van der Waals surface area contributed by atoms with Crippen molar-refractivity contribution >= 4 is 68.7 Å². The van der Waals surface area contributed by atoms with Crippen molar-refractivity contribution in [1.82, 2.24) is 5.32 Å². The normalized spacial score (nSPS) is 14.6. The van der Waals surface area contributed by atoms with E-state index < -0.39 is 17.8 Å². The summed E-state index contributed by atoms with van der Waals surface area (Å²) < 4.78 is 6.07. The lowest BCUT2D eigenvalue weighted by Gasteiger charge is -2.26. The maximum atomic E-state index is 13.0. The molecule has 0 unspecified atom stereocenters. The summed E-state index contributed by atoms with van der Waals surface area (Å²) >= 11 is 9.35. The predicted octanol–water partition coefficient (Wildman–Crippen LogP) is 4.79. The number of anilines is 2. The molecular weight excluding hydrogens is 538 g/mol. The highest BCUT2D eigenvalue weighted by Gasteiger charge is 2.36. The molecule has 35 heavy (non-hydrogen) atoms. The summed E-state index contributed by atoms with van der Waals surface area (Å²) in [6, 6.07) is 19.1. The van der Waals surface area contributed by atoms with Gasteiger partial charge in [-0.3, -0.25) is 19.7 Å². The molecule has 8 nitrogen and oxygen atoms in total. The Hall–Kier alpha value is -3.95. The standard InChI is InChI=1S/C25H17BrClN3O5/c26-20-12-15(9-10-21(20)35-14-22(31)28-17-6-2-1-3-7-17)11-19-23(32)29-25(34)30(24(19)33)18-8-4-5-16(27)13-18/h1-13H,14H2,(H,28,31)(H,29,32,34)/b19-11+. The van der Waals surface area contributed by atoms with Crippen LogP contribution in [0.4, 0.5) is 16.2 Å². The van der Waals surface area contributed by atoms with E-state index in [2.05, 4.69) is 26.6 Å². The van der Waals surface area contributed by atoms with Crippen LogP contribution in [0.25, 0.3) is 6.08 Å². The minimum atomic E-state index is -0.863. The van der Waals surface area contributed by atoms with Gasteiger partial charge in [-0.25, -0.2) is 9.69 Å². The lowest BCUT2D eigenvalue weighted by molar-refractivity contribution is -0.122. The number of amides is 5. The van der Waals surface area contributed by atoms with Crippen molar-refractivity contribution in [2.24, 2.45) is 0 Å². The number of hydrogen-bond acceptors (Lipinski definition) is 5. The van der Waals surface area contributed by atoms with Crippen LogP contribution in [0.15, 0.2) is 82.8 Å². The quantitative estimate of drug-likeness (QED) is 0.337. The molecule has 1 fully saturated rings. The number of para-hydroxylation sites is 1. The number of carbonyl (C=O) groups excluding carboxylic acids is 4. The molecule has 0 bridgehead atoms. The number of halogens is 2. The molecule has 3 aromatic carbocycles. The van der Waals surface area contributed by atoms with Gasteiger partial charge in [-0.1, -0.05) is 41.9 Å². The third kappa shape index (κ3) is 5.76. The lowest BCUT2D eigenvalue weighted by Crippen LogP contribution is -2.54. The number of ether oxygens (including phenoxy) is 1. The first kappa shape index (κ1) is 24.2. The zero-order valence-electron chi connectivity index (χ0n) is 18.0. The molecule has 0 atom stereocenters. The molecule has 2 N–H and O–H groups in total. The Morgan fingerprint density at radius 2 is 1.80 bits per heavy atom. The largest absolute Gasteiger partial charge is 0.483 e. The Bertz CT molecular complexity index is 1360. The van der Waals surface area contributed by atoms with Gasteiger partial charge in [0.1, 0.15) is 11.3 Å². The lowest BCUT2D eigenvalue weighted by atomic mass is 10.1. The molecule has 1 saturated heterocycles. The Kier molecular flexibility index (Phi) is 7.28. The van der Waals surface area contributed by atoms with Crippen molar-refractivity contribution in [2.75, 3.05) is 16.8 Å². The smallest absolute Gasteiger partial charge is 0.335 e. The minimum absolute atomic E-state index is 0.217. The maximum absolute atomic E-state index is 13.0. The number of barbiturate groups is 1. The van der Waals surface area contributed by atoms with E-state index in [1.165, 1.54) is 18.2 Å². The molecule has 10 heteroatoms. The van der Waals surface area contributed by atoms with E-state index in [1.54, 1.807) is 42.5 Å². The summed E-state index contributed by atoms with van der Waals surface area (Å²) in [5.74, 6) is -1.53. The van der Waals surface area contributed by atoms with Crippen LogP contribution in [0.2, 0.25) is 5.02 Å². The van der Waals surface area contributed by atoms with E-state index in [4.69, 9.17) is 16.3 Å². The Labute approximate surface area is 213 Å². The second-order valence-corrected chi connectivity index (χ2v) is 8.62. The first-order valence-electron chi connectivity index (χ1n) is 10.3. The average molecular weight is 555 g/mol. The van der Waals surface area contributed by atoms with Gasteiger partial charge in [0.2, 0.25) is 0 Å². The topological polar surface area (TPSA) is 105 Å². The van der Waals surface area contributed by atoms with Gasteiger partial charge in [0.15, 0.2) is 6.61 Å². The number of carbonyl (C=O) groups is 4. The molecule has 1 aliphatic rings. The van der Waals surface area contributed by atoms with Crippen LogP contribution in [0.5, 0.6) is 5.75 Å². The van der Waals surface area contributed by atoms with E-state index in [-0.39, 0.29) is 23.8 Å². The fraction of sp³-hybridized carbons (Fsp3) is 0.0400. The summed E-state index contributed by atoms with van der Waals surface area (Å²) in [6.45, 7) is -0.217. The van der Waals surface area contributed by atoms with Crippen molar-refractivity contribution in [3.8, 4) is 5.75 Å². The zero-order chi connectivity index (χ0) is 24.9. The first-order chi connectivity index (χ1) is 16.8. The van der Waals surface area contributed by atoms with Crippen LogP contribution in [0.3, 0.4) is 0 Å². The second-order valence-electron chi connectivity index (χ2n) is 7.33.